The normalized spacial score (nSPS) is 22.7. The highest BCUT2D eigenvalue weighted by Crippen LogP contribution is 2.29. The molecule has 2 saturated heterocycles. The first-order valence-electron chi connectivity index (χ1n) is 11.3. The van der Waals surface area contributed by atoms with Crippen molar-refractivity contribution >= 4 is 23.2 Å². The fraction of sp³-hybridized carbons (Fsp3) is 0.542. The molecule has 2 aliphatic heterocycles. The molecule has 33 heavy (non-hydrogen) atoms. The van der Waals surface area contributed by atoms with Crippen LogP contribution in [0.2, 0.25) is 5.02 Å². The first-order valence-corrected chi connectivity index (χ1v) is 11.7. The third-order valence-corrected chi connectivity index (χ3v) is 6.18. The average Bonchev–Trinajstić information content (AvgIpc) is 2.80. The van der Waals surface area contributed by atoms with Crippen LogP contribution >= 0.6 is 11.6 Å². The topological polar surface area (TPSA) is 85.4 Å². The van der Waals surface area contributed by atoms with E-state index in [2.05, 4.69) is 20.6 Å². The number of ether oxygens (including phenoxy) is 2. The average molecular weight is 477 g/mol. The Kier molecular flexibility index (Phi) is 7.58. The van der Waals surface area contributed by atoms with Gasteiger partial charge < -0.3 is 20.1 Å². The van der Waals surface area contributed by atoms with Crippen LogP contribution in [0.1, 0.15) is 32.4 Å². The first-order chi connectivity index (χ1) is 15.8. The van der Waals surface area contributed by atoms with E-state index in [-0.39, 0.29) is 35.6 Å². The summed E-state index contributed by atoms with van der Waals surface area (Å²) in [6.07, 6.45) is 3.44. The molecule has 2 aliphatic rings. The molecular weight excluding hydrogens is 447 g/mol. The van der Waals surface area contributed by atoms with Crippen molar-refractivity contribution in [3.05, 3.63) is 40.9 Å². The van der Waals surface area contributed by atoms with Crippen LogP contribution in [0.5, 0.6) is 0 Å². The standard InChI is InChI=1S/C24H30ClFN4O3/c1-24(2)14-32-13-17(33-24)11-29-23-20(26)5-6-21(30-23)18-8-16(28-12-19(18)25)9-22(31)15-4-3-7-27-10-15/h5-6,8,12,15,17,27H,3-4,7,9-11,13-14H2,1-2H3,(H,29,30)/t15-,17-/m1/s1. The van der Waals surface area contributed by atoms with Gasteiger partial charge in [-0.05, 0) is 51.4 Å². The molecule has 7 nitrogen and oxygen atoms in total. The Morgan fingerprint density at radius 3 is 3.00 bits per heavy atom. The van der Waals surface area contributed by atoms with Crippen LogP contribution in [0.25, 0.3) is 11.3 Å². The van der Waals surface area contributed by atoms with Gasteiger partial charge in [0.2, 0.25) is 0 Å². The third kappa shape index (κ3) is 6.26. The first kappa shape index (κ1) is 24.0. The summed E-state index contributed by atoms with van der Waals surface area (Å²) in [7, 11) is 0. The number of hydrogen-bond donors (Lipinski definition) is 2. The molecule has 4 rings (SSSR count). The Morgan fingerprint density at radius 1 is 1.39 bits per heavy atom. The molecule has 0 saturated carbocycles. The summed E-state index contributed by atoms with van der Waals surface area (Å²) < 4.78 is 26.0. The molecule has 0 aromatic carbocycles. The van der Waals surface area contributed by atoms with E-state index in [4.69, 9.17) is 21.1 Å². The molecule has 2 aromatic rings. The number of carbonyl (C=O) groups is 1. The Balaban J connectivity index is 1.48. The van der Waals surface area contributed by atoms with E-state index in [1.807, 2.05) is 13.8 Å². The van der Waals surface area contributed by atoms with Crippen molar-refractivity contribution in [3.63, 3.8) is 0 Å². The molecule has 2 aromatic heterocycles. The molecule has 178 valence electrons. The van der Waals surface area contributed by atoms with Crippen LogP contribution in [0.3, 0.4) is 0 Å². The lowest BCUT2D eigenvalue weighted by molar-refractivity contribution is -0.177. The largest absolute Gasteiger partial charge is 0.376 e. The molecule has 9 heteroatoms. The number of pyridine rings is 2. The molecule has 2 atom stereocenters. The van der Waals surface area contributed by atoms with Crippen molar-refractivity contribution in [1.29, 1.82) is 0 Å². The smallest absolute Gasteiger partial charge is 0.165 e. The molecule has 4 heterocycles. The van der Waals surface area contributed by atoms with Crippen molar-refractivity contribution in [1.82, 2.24) is 15.3 Å². The molecule has 0 spiro atoms. The van der Waals surface area contributed by atoms with Crippen molar-refractivity contribution < 1.29 is 18.7 Å². The SMILES string of the molecule is CC1(C)COC[C@@H](CNc2nc(-c3cc(CC(=O)[C@@H]4CCCNC4)ncc3Cl)ccc2F)O1. The maximum atomic E-state index is 14.5. The van der Waals surface area contributed by atoms with E-state index in [1.54, 1.807) is 12.1 Å². The number of anilines is 1. The second-order valence-corrected chi connectivity index (χ2v) is 9.67. The van der Waals surface area contributed by atoms with Crippen LogP contribution < -0.4 is 10.6 Å². The monoisotopic (exact) mass is 476 g/mol. The van der Waals surface area contributed by atoms with Crippen LogP contribution in [0.4, 0.5) is 10.2 Å². The number of piperidine rings is 1. The summed E-state index contributed by atoms with van der Waals surface area (Å²) in [5, 5.41) is 6.69. The summed E-state index contributed by atoms with van der Waals surface area (Å²) in [5.74, 6) is -0.191. The quantitative estimate of drug-likeness (QED) is 0.630. The highest BCUT2D eigenvalue weighted by molar-refractivity contribution is 6.33. The number of carbonyl (C=O) groups excluding carboxylic acids is 1. The maximum absolute atomic E-state index is 14.5. The Hall–Kier alpha value is -2.13. The zero-order valence-corrected chi connectivity index (χ0v) is 19.8. The molecule has 2 N–H and O–H groups in total. The van der Waals surface area contributed by atoms with E-state index in [0.29, 0.717) is 48.3 Å². The van der Waals surface area contributed by atoms with Crippen LogP contribution in [-0.4, -0.2) is 60.3 Å². The minimum atomic E-state index is -0.472. The molecule has 0 bridgehead atoms. The van der Waals surface area contributed by atoms with E-state index >= 15 is 0 Å². The number of nitrogens with zero attached hydrogens (tertiary/aromatic N) is 2. The number of Topliss-reactive ketones (excluding diaryl/α,β-unsaturated/α-hetero) is 1. The minimum Gasteiger partial charge on any atom is -0.376 e. The molecule has 0 radical (unpaired) electrons. The van der Waals surface area contributed by atoms with Gasteiger partial charge in [-0.1, -0.05) is 11.6 Å². The molecule has 0 aliphatic carbocycles. The van der Waals surface area contributed by atoms with Gasteiger partial charge in [-0.15, -0.1) is 0 Å². The summed E-state index contributed by atoms with van der Waals surface area (Å²) in [6.45, 7) is 6.89. The Morgan fingerprint density at radius 2 is 2.24 bits per heavy atom. The fourth-order valence-corrected chi connectivity index (χ4v) is 4.41. The number of ketones is 1. The summed E-state index contributed by atoms with van der Waals surface area (Å²) in [6, 6.07) is 4.69. The van der Waals surface area contributed by atoms with Gasteiger partial charge in [0.25, 0.3) is 0 Å². The van der Waals surface area contributed by atoms with Gasteiger partial charge in [0, 0.05) is 42.9 Å². The van der Waals surface area contributed by atoms with Crippen LogP contribution in [0.15, 0.2) is 24.4 Å². The maximum Gasteiger partial charge on any atom is 0.165 e. The summed E-state index contributed by atoms with van der Waals surface area (Å²) in [4.78, 5) is 21.4. The second kappa shape index (κ2) is 10.4. The van der Waals surface area contributed by atoms with Crippen molar-refractivity contribution in [3.8, 4) is 11.3 Å². The highest BCUT2D eigenvalue weighted by Gasteiger charge is 2.29. The number of aromatic nitrogens is 2. The van der Waals surface area contributed by atoms with E-state index in [0.717, 1.165) is 19.4 Å². The van der Waals surface area contributed by atoms with Gasteiger partial charge in [-0.3, -0.25) is 9.78 Å². The zero-order valence-electron chi connectivity index (χ0n) is 19.0. The van der Waals surface area contributed by atoms with Crippen LogP contribution in [-0.2, 0) is 20.7 Å². The van der Waals surface area contributed by atoms with Gasteiger partial charge >= 0.3 is 0 Å². The predicted octanol–water partition coefficient (Wildman–Crippen LogP) is 3.65. The minimum absolute atomic E-state index is 0.00962. The van der Waals surface area contributed by atoms with Gasteiger partial charge in [-0.25, -0.2) is 9.37 Å². The second-order valence-electron chi connectivity index (χ2n) is 9.26. The number of halogens is 2. The van der Waals surface area contributed by atoms with E-state index in [9.17, 15) is 9.18 Å². The molecular formula is C24H30ClFN4O3. The lowest BCUT2D eigenvalue weighted by Crippen LogP contribution is -2.45. The number of rotatable bonds is 7. The van der Waals surface area contributed by atoms with Crippen molar-refractivity contribution in [2.24, 2.45) is 5.92 Å². The summed E-state index contributed by atoms with van der Waals surface area (Å²) in [5.41, 5.74) is 1.35. The van der Waals surface area contributed by atoms with Crippen molar-refractivity contribution in [2.75, 3.05) is 38.2 Å². The number of nitrogens with one attached hydrogen (secondary N) is 2. The van der Waals surface area contributed by atoms with E-state index in [1.165, 1.54) is 12.3 Å². The zero-order chi connectivity index (χ0) is 23.4. The van der Waals surface area contributed by atoms with E-state index < -0.39 is 5.82 Å². The van der Waals surface area contributed by atoms with Gasteiger partial charge in [0.15, 0.2) is 11.6 Å². The van der Waals surface area contributed by atoms with Gasteiger partial charge in [0.1, 0.15) is 5.78 Å². The third-order valence-electron chi connectivity index (χ3n) is 5.88. The summed E-state index contributed by atoms with van der Waals surface area (Å²) >= 11 is 6.39. The highest BCUT2D eigenvalue weighted by atomic mass is 35.5. The Labute approximate surface area is 198 Å². The van der Waals surface area contributed by atoms with Crippen LogP contribution in [0, 0.1) is 11.7 Å². The van der Waals surface area contributed by atoms with Gasteiger partial charge in [0.05, 0.1) is 35.6 Å². The van der Waals surface area contributed by atoms with Crippen molar-refractivity contribution in [2.45, 2.75) is 44.8 Å². The molecule has 2 fully saturated rings. The Bertz CT molecular complexity index is 998. The molecule has 0 unspecified atom stereocenters. The molecule has 0 amide bonds. The fourth-order valence-electron chi connectivity index (χ4n) is 4.21. The van der Waals surface area contributed by atoms with Gasteiger partial charge in [-0.2, -0.15) is 0 Å². The predicted molar refractivity (Wildman–Crippen MR) is 125 cm³/mol. The lowest BCUT2D eigenvalue weighted by atomic mass is 9.92. The number of hydrogen-bond acceptors (Lipinski definition) is 7. The lowest BCUT2D eigenvalue weighted by Gasteiger charge is -2.36.